The number of carbonyl (C=O) groups is 1. The van der Waals surface area contributed by atoms with Crippen LogP contribution in [0.1, 0.15) is 44.5 Å². The molecule has 8 heteroatoms. The molecule has 2 aromatic heterocycles. The Morgan fingerprint density at radius 3 is 2.67 bits per heavy atom. The summed E-state index contributed by atoms with van der Waals surface area (Å²) in [6, 6.07) is 13.6. The van der Waals surface area contributed by atoms with Gasteiger partial charge >= 0.3 is 6.18 Å². The van der Waals surface area contributed by atoms with Crippen molar-refractivity contribution in [3.63, 3.8) is 0 Å². The zero-order chi connectivity index (χ0) is 23.6. The molecule has 0 aliphatic carbocycles. The number of halogens is 3. The van der Waals surface area contributed by atoms with E-state index in [4.69, 9.17) is 0 Å². The summed E-state index contributed by atoms with van der Waals surface area (Å²) in [5.74, 6) is -0.480. The van der Waals surface area contributed by atoms with Crippen LogP contribution in [0.25, 0.3) is 6.08 Å². The second kappa shape index (κ2) is 9.15. The maximum absolute atomic E-state index is 13.8. The Kier molecular flexibility index (Phi) is 6.29. The molecule has 3 aromatic rings. The molecule has 33 heavy (non-hydrogen) atoms. The van der Waals surface area contributed by atoms with E-state index in [9.17, 15) is 18.0 Å². The van der Waals surface area contributed by atoms with Crippen LogP contribution in [-0.4, -0.2) is 35.4 Å². The maximum Gasteiger partial charge on any atom is 0.418 e. The molecule has 1 saturated heterocycles. The van der Waals surface area contributed by atoms with Crippen molar-refractivity contribution in [3.8, 4) is 0 Å². The van der Waals surface area contributed by atoms with Gasteiger partial charge in [0.05, 0.1) is 5.56 Å². The van der Waals surface area contributed by atoms with Gasteiger partial charge < -0.3 is 10.2 Å². The van der Waals surface area contributed by atoms with Gasteiger partial charge in [0.15, 0.2) is 0 Å². The minimum Gasteiger partial charge on any atom is -0.353 e. The highest BCUT2D eigenvalue weighted by Crippen LogP contribution is 2.34. The molecule has 170 valence electrons. The molecule has 0 bridgehead atoms. The number of nitrogens with zero attached hydrogens (tertiary/aromatic N) is 3. The zero-order valence-electron chi connectivity index (χ0n) is 18.1. The Labute approximate surface area is 190 Å². The third kappa shape index (κ3) is 4.80. The van der Waals surface area contributed by atoms with E-state index >= 15 is 0 Å². The maximum atomic E-state index is 13.8. The number of carbonyl (C=O) groups excluding carboxylic acids is 1. The lowest BCUT2D eigenvalue weighted by molar-refractivity contribution is -0.138. The van der Waals surface area contributed by atoms with Gasteiger partial charge in [0.2, 0.25) is 5.78 Å². The average Bonchev–Trinajstić information content (AvgIpc) is 2.83. The number of ketones is 1. The first kappa shape index (κ1) is 22.7. The number of anilines is 1. The molecular formula is C25H23F3N4O. The van der Waals surface area contributed by atoms with Crippen LogP contribution in [0, 0.1) is 6.92 Å². The van der Waals surface area contributed by atoms with Crippen LogP contribution < -0.4 is 10.2 Å². The number of aromatic nitrogens is 2. The molecule has 1 unspecified atom stereocenters. The van der Waals surface area contributed by atoms with Crippen LogP contribution in [0.2, 0.25) is 0 Å². The highest BCUT2D eigenvalue weighted by atomic mass is 19.4. The smallest absolute Gasteiger partial charge is 0.353 e. The van der Waals surface area contributed by atoms with Gasteiger partial charge in [-0.1, -0.05) is 43.0 Å². The molecule has 1 N–H and O–H groups in total. The van der Waals surface area contributed by atoms with Crippen LogP contribution in [0.3, 0.4) is 0 Å². The topological polar surface area (TPSA) is 58.1 Å². The first-order valence-electron chi connectivity index (χ1n) is 10.5. The van der Waals surface area contributed by atoms with E-state index in [1.807, 2.05) is 35.2 Å². The summed E-state index contributed by atoms with van der Waals surface area (Å²) in [5, 5.41) is 3.42. The first-order chi connectivity index (χ1) is 15.8. The van der Waals surface area contributed by atoms with Crippen molar-refractivity contribution in [2.24, 2.45) is 0 Å². The van der Waals surface area contributed by atoms with E-state index in [-0.39, 0.29) is 11.6 Å². The number of hydrogen-bond donors (Lipinski definition) is 1. The van der Waals surface area contributed by atoms with Gasteiger partial charge in [0.25, 0.3) is 0 Å². The lowest BCUT2D eigenvalue weighted by Crippen LogP contribution is -2.46. The van der Waals surface area contributed by atoms with Gasteiger partial charge in [-0.2, -0.15) is 13.2 Å². The van der Waals surface area contributed by atoms with Gasteiger partial charge in [-0.25, -0.2) is 4.98 Å². The summed E-state index contributed by atoms with van der Waals surface area (Å²) in [6.07, 6.45) is -1.72. The van der Waals surface area contributed by atoms with Gasteiger partial charge in [-0.15, -0.1) is 0 Å². The summed E-state index contributed by atoms with van der Waals surface area (Å²) in [5.41, 5.74) is 0.340. The molecule has 1 atom stereocenters. The molecule has 1 aromatic carbocycles. The highest BCUT2D eigenvalue weighted by Gasteiger charge is 2.37. The number of nitrogens with one attached hydrogen (secondary N) is 1. The SMILES string of the molecule is C=Cc1cnc(C)c(C(=O)c2nc(N3CCNC(c4ccccc4)C3)ccc2C(F)(F)F)c1. The standard InChI is InChI=1S/C25H23F3N4O/c1-3-17-13-19(16(2)30-14-17)24(33)23-20(25(26,27)28)9-10-22(31-23)32-12-11-29-21(15-32)18-7-5-4-6-8-18/h3-10,13-14,21,29H,1,11-12,15H2,2H3. The number of alkyl halides is 3. The zero-order valence-corrected chi connectivity index (χ0v) is 18.1. The Morgan fingerprint density at radius 1 is 1.21 bits per heavy atom. The minimum atomic E-state index is -4.72. The number of pyridine rings is 2. The van der Waals surface area contributed by atoms with Crippen LogP contribution in [0.5, 0.6) is 0 Å². The number of rotatable bonds is 5. The summed E-state index contributed by atoms with van der Waals surface area (Å²) in [4.78, 5) is 23.5. The van der Waals surface area contributed by atoms with Crippen LogP contribution in [0.15, 0.2) is 61.3 Å². The number of piperazine rings is 1. The highest BCUT2D eigenvalue weighted by molar-refractivity contribution is 6.09. The lowest BCUT2D eigenvalue weighted by atomic mass is 10.0. The van der Waals surface area contributed by atoms with Gasteiger partial charge in [-0.05, 0) is 36.2 Å². The normalized spacial score (nSPS) is 16.5. The van der Waals surface area contributed by atoms with Crippen molar-refractivity contribution in [1.82, 2.24) is 15.3 Å². The molecule has 0 spiro atoms. The van der Waals surface area contributed by atoms with Gasteiger partial charge in [0, 0.05) is 43.1 Å². The van der Waals surface area contributed by atoms with Crippen molar-refractivity contribution >= 4 is 17.7 Å². The second-order valence-electron chi connectivity index (χ2n) is 7.86. The van der Waals surface area contributed by atoms with E-state index in [2.05, 4.69) is 21.9 Å². The fraction of sp³-hybridized carbons (Fsp3) is 0.240. The van der Waals surface area contributed by atoms with E-state index in [0.29, 0.717) is 36.7 Å². The predicted octanol–water partition coefficient (Wildman–Crippen LogP) is 4.83. The van der Waals surface area contributed by atoms with Crippen molar-refractivity contribution in [1.29, 1.82) is 0 Å². The van der Waals surface area contributed by atoms with Gasteiger partial charge in [-0.3, -0.25) is 9.78 Å². The van der Waals surface area contributed by atoms with Gasteiger partial charge in [0.1, 0.15) is 11.5 Å². The van der Waals surface area contributed by atoms with E-state index in [1.165, 1.54) is 24.4 Å². The fourth-order valence-corrected chi connectivity index (χ4v) is 3.91. The van der Waals surface area contributed by atoms with Crippen molar-refractivity contribution in [3.05, 3.63) is 94.9 Å². The quantitative estimate of drug-likeness (QED) is 0.562. The number of benzene rings is 1. The molecule has 0 saturated carbocycles. The first-order valence-corrected chi connectivity index (χ1v) is 10.5. The molecular weight excluding hydrogens is 429 g/mol. The van der Waals surface area contributed by atoms with Crippen LogP contribution >= 0.6 is 0 Å². The molecule has 4 rings (SSSR count). The van der Waals surface area contributed by atoms with Crippen molar-refractivity contribution in [2.45, 2.75) is 19.1 Å². The third-order valence-electron chi connectivity index (χ3n) is 5.69. The molecule has 0 radical (unpaired) electrons. The molecule has 1 aliphatic rings. The van der Waals surface area contributed by atoms with Crippen molar-refractivity contribution < 1.29 is 18.0 Å². The second-order valence-corrected chi connectivity index (χ2v) is 7.86. The molecule has 5 nitrogen and oxygen atoms in total. The third-order valence-corrected chi connectivity index (χ3v) is 5.69. The fourth-order valence-electron chi connectivity index (χ4n) is 3.91. The van der Waals surface area contributed by atoms with Crippen LogP contribution in [0.4, 0.5) is 19.0 Å². The lowest BCUT2D eigenvalue weighted by Gasteiger charge is -2.35. The number of hydrogen-bond acceptors (Lipinski definition) is 5. The number of aryl methyl sites for hydroxylation is 1. The predicted molar refractivity (Wildman–Crippen MR) is 121 cm³/mol. The van der Waals surface area contributed by atoms with E-state index in [1.54, 1.807) is 6.92 Å². The Bertz CT molecular complexity index is 1180. The Hall–Kier alpha value is -3.52. The van der Waals surface area contributed by atoms with Crippen LogP contribution in [-0.2, 0) is 6.18 Å². The summed E-state index contributed by atoms with van der Waals surface area (Å²) in [6.45, 7) is 6.93. The summed E-state index contributed by atoms with van der Waals surface area (Å²) < 4.78 is 41.3. The van der Waals surface area contributed by atoms with E-state index < -0.39 is 23.2 Å². The summed E-state index contributed by atoms with van der Waals surface area (Å²) >= 11 is 0. The van der Waals surface area contributed by atoms with E-state index in [0.717, 1.165) is 11.6 Å². The minimum absolute atomic E-state index is 0.00101. The largest absolute Gasteiger partial charge is 0.418 e. The monoisotopic (exact) mass is 452 g/mol. The molecule has 1 fully saturated rings. The molecule has 0 amide bonds. The Balaban J connectivity index is 1.73. The summed E-state index contributed by atoms with van der Waals surface area (Å²) in [7, 11) is 0. The molecule has 1 aliphatic heterocycles. The average molecular weight is 452 g/mol. The Morgan fingerprint density at radius 2 is 1.97 bits per heavy atom. The van der Waals surface area contributed by atoms with Crippen molar-refractivity contribution in [2.75, 3.05) is 24.5 Å². The molecule has 3 heterocycles.